The summed E-state index contributed by atoms with van der Waals surface area (Å²) < 4.78 is 30.5. The standard InChI is InChI=1S/C23H28N4O4S/c1-25(32(30,31)18-10-8-17(9-11-18)27(2,3)4)16-7-12-20-19(14-16)23-21(6-5-13-24-23)26(20)15-22(28)29/h5-6,8-11,13,16H,7,12,14-15H2,1-4H3/p+1/t16-/m0/s1. The Morgan fingerprint density at radius 2 is 1.91 bits per heavy atom. The maximum Gasteiger partial charge on any atom is 0.323 e. The largest absolute Gasteiger partial charge is 0.480 e. The minimum Gasteiger partial charge on any atom is -0.480 e. The van der Waals surface area contributed by atoms with Crippen LogP contribution in [0.1, 0.15) is 17.7 Å². The quantitative estimate of drug-likeness (QED) is 0.574. The number of carboxylic acids is 1. The molecule has 32 heavy (non-hydrogen) atoms. The maximum atomic E-state index is 13.3. The van der Waals surface area contributed by atoms with Crippen LogP contribution in [-0.4, -0.2) is 67.6 Å². The molecule has 1 aliphatic carbocycles. The van der Waals surface area contributed by atoms with Crippen LogP contribution in [-0.2, 0) is 34.2 Å². The zero-order valence-corrected chi connectivity index (χ0v) is 19.6. The summed E-state index contributed by atoms with van der Waals surface area (Å²) in [4.78, 5) is 16.2. The van der Waals surface area contributed by atoms with Crippen LogP contribution in [0.5, 0.6) is 0 Å². The summed E-state index contributed by atoms with van der Waals surface area (Å²) in [5.74, 6) is -0.910. The van der Waals surface area contributed by atoms with Gasteiger partial charge >= 0.3 is 5.97 Å². The predicted octanol–water partition coefficient (Wildman–Crippen LogP) is 2.50. The van der Waals surface area contributed by atoms with Crippen molar-refractivity contribution in [2.75, 3.05) is 28.2 Å². The summed E-state index contributed by atoms with van der Waals surface area (Å²) in [6.07, 6.45) is 3.41. The number of nitrogens with zero attached hydrogens (tertiary/aromatic N) is 4. The van der Waals surface area contributed by atoms with E-state index in [1.807, 2.05) is 39.3 Å². The van der Waals surface area contributed by atoms with Crippen molar-refractivity contribution in [2.45, 2.75) is 36.7 Å². The Labute approximate surface area is 188 Å². The van der Waals surface area contributed by atoms with Crippen LogP contribution in [0.25, 0.3) is 11.0 Å². The average Bonchev–Trinajstić information content (AvgIpc) is 3.05. The highest BCUT2D eigenvalue weighted by Crippen LogP contribution is 2.34. The van der Waals surface area contributed by atoms with Crippen molar-refractivity contribution in [2.24, 2.45) is 0 Å². The average molecular weight is 458 g/mol. The van der Waals surface area contributed by atoms with Crippen molar-refractivity contribution in [1.82, 2.24) is 18.3 Å². The van der Waals surface area contributed by atoms with Crippen LogP contribution in [0, 0.1) is 0 Å². The molecule has 9 heteroatoms. The number of sulfonamides is 1. The number of likely N-dealkylation sites (N-methyl/N-ethyl adjacent to an activating group) is 1. The fraction of sp³-hybridized carbons (Fsp3) is 0.391. The number of aliphatic carboxylic acids is 1. The van der Waals surface area contributed by atoms with E-state index in [-0.39, 0.29) is 17.5 Å². The van der Waals surface area contributed by atoms with Crippen molar-refractivity contribution in [1.29, 1.82) is 0 Å². The third-order valence-electron chi connectivity index (χ3n) is 6.29. The molecule has 0 aliphatic heterocycles. The van der Waals surface area contributed by atoms with E-state index < -0.39 is 16.0 Å². The molecule has 0 fully saturated rings. The van der Waals surface area contributed by atoms with Crippen LogP contribution in [0.4, 0.5) is 5.69 Å². The van der Waals surface area contributed by atoms with E-state index in [1.165, 1.54) is 4.31 Å². The van der Waals surface area contributed by atoms with E-state index in [9.17, 15) is 18.3 Å². The molecule has 4 rings (SSSR count). The van der Waals surface area contributed by atoms with Gasteiger partial charge in [0.15, 0.2) is 0 Å². The molecule has 0 bridgehead atoms. The van der Waals surface area contributed by atoms with Gasteiger partial charge in [0.2, 0.25) is 10.0 Å². The van der Waals surface area contributed by atoms with E-state index in [4.69, 9.17) is 0 Å². The molecule has 0 unspecified atom stereocenters. The molecule has 3 aromatic rings. The molecule has 8 nitrogen and oxygen atoms in total. The van der Waals surface area contributed by atoms with Crippen molar-refractivity contribution in [3.05, 3.63) is 53.9 Å². The van der Waals surface area contributed by atoms with E-state index in [1.54, 1.807) is 36.0 Å². The van der Waals surface area contributed by atoms with Gasteiger partial charge in [0, 0.05) is 42.7 Å². The van der Waals surface area contributed by atoms with Crippen molar-refractivity contribution in [3.8, 4) is 0 Å². The lowest BCUT2D eigenvalue weighted by Gasteiger charge is -2.31. The Balaban J connectivity index is 1.65. The second-order valence-electron chi connectivity index (χ2n) is 9.20. The molecule has 0 saturated carbocycles. The molecule has 1 aromatic carbocycles. The Morgan fingerprint density at radius 1 is 1.22 bits per heavy atom. The van der Waals surface area contributed by atoms with Crippen LogP contribution >= 0.6 is 0 Å². The maximum absolute atomic E-state index is 13.3. The first-order valence-electron chi connectivity index (χ1n) is 10.6. The normalized spacial score (nSPS) is 17.0. The molecule has 1 atom stereocenters. The first-order valence-corrected chi connectivity index (χ1v) is 12.0. The summed E-state index contributed by atoms with van der Waals surface area (Å²) in [5.41, 5.74) is 4.44. The van der Waals surface area contributed by atoms with Crippen LogP contribution < -0.4 is 4.48 Å². The third kappa shape index (κ3) is 3.92. The molecule has 2 heterocycles. The van der Waals surface area contributed by atoms with Gasteiger partial charge in [0.1, 0.15) is 12.2 Å². The monoisotopic (exact) mass is 457 g/mol. The highest BCUT2D eigenvalue weighted by atomic mass is 32.2. The van der Waals surface area contributed by atoms with Gasteiger partial charge in [-0.05, 0) is 43.5 Å². The van der Waals surface area contributed by atoms with Gasteiger partial charge in [0.05, 0.1) is 37.1 Å². The first kappa shape index (κ1) is 22.4. The second kappa shape index (κ2) is 7.99. The number of rotatable bonds is 6. The van der Waals surface area contributed by atoms with E-state index in [0.717, 1.165) is 28.0 Å². The third-order valence-corrected chi connectivity index (χ3v) is 8.21. The Bertz CT molecular complexity index is 1270. The molecule has 2 aromatic heterocycles. The summed E-state index contributed by atoms with van der Waals surface area (Å²) >= 11 is 0. The van der Waals surface area contributed by atoms with E-state index >= 15 is 0 Å². The van der Waals surface area contributed by atoms with E-state index in [0.29, 0.717) is 23.7 Å². The molecule has 0 spiro atoms. The predicted molar refractivity (Wildman–Crippen MR) is 124 cm³/mol. The zero-order chi connectivity index (χ0) is 23.3. The lowest BCUT2D eigenvalue weighted by Crippen LogP contribution is -2.40. The second-order valence-corrected chi connectivity index (χ2v) is 11.2. The molecular weight excluding hydrogens is 428 g/mol. The molecule has 170 valence electrons. The smallest absolute Gasteiger partial charge is 0.323 e. The number of carbonyl (C=O) groups is 1. The fourth-order valence-corrected chi connectivity index (χ4v) is 5.87. The lowest BCUT2D eigenvalue weighted by atomic mass is 9.92. The van der Waals surface area contributed by atoms with Crippen LogP contribution in [0.3, 0.4) is 0 Å². The minimum absolute atomic E-state index is 0.130. The molecule has 1 N–H and O–H groups in total. The number of carboxylic acid groups (broad SMARTS) is 1. The van der Waals surface area contributed by atoms with Gasteiger partial charge in [0.25, 0.3) is 0 Å². The fourth-order valence-electron chi connectivity index (χ4n) is 4.49. The van der Waals surface area contributed by atoms with Crippen molar-refractivity contribution < 1.29 is 18.3 Å². The number of hydrogen-bond donors (Lipinski definition) is 1. The van der Waals surface area contributed by atoms with Crippen molar-refractivity contribution in [3.63, 3.8) is 0 Å². The zero-order valence-electron chi connectivity index (χ0n) is 18.8. The Kier molecular flexibility index (Phi) is 5.60. The number of benzene rings is 1. The van der Waals surface area contributed by atoms with Gasteiger partial charge in [-0.1, -0.05) is 0 Å². The summed E-state index contributed by atoms with van der Waals surface area (Å²) in [6, 6.07) is 10.5. The Morgan fingerprint density at radius 3 is 2.53 bits per heavy atom. The molecule has 1 aliphatic rings. The first-order chi connectivity index (χ1) is 15.0. The summed E-state index contributed by atoms with van der Waals surface area (Å²) in [5, 5.41) is 9.36. The summed E-state index contributed by atoms with van der Waals surface area (Å²) in [6.45, 7) is -0.130. The van der Waals surface area contributed by atoms with Gasteiger partial charge in [-0.25, -0.2) is 8.42 Å². The highest BCUT2D eigenvalue weighted by Gasteiger charge is 2.34. The molecule has 0 amide bonds. The highest BCUT2D eigenvalue weighted by molar-refractivity contribution is 7.89. The van der Waals surface area contributed by atoms with Gasteiger partial charge in [-0.15, -0.1) is 0 Å². The SMILES string of the molecule is CN([C@H]1CCc2c(c3ncccc3n2CC(=O)O)C1)S(=O)(=O)c1ccc([N+](C)(C)C)cc1. The lowest BCUT2D eigenvalue weighted by molar-refractivity contribution is -0.137. The van der Waals surface area contributed by atoms with Gasteiger partial charge < -0.3 is 9.67 Å². The Hall–Kier alpha value is -2.75. The number of quaternary nitrogens is 1. The number of hydrogen-bond acceptors (Lipinski definition) is 4. The number of aromatic nitrogens is 2. The van der Waals surface area contributed by atoms with Crippen LogP contribution in [0.15, 0.2) is 47.5 Å². The number of pyridine rings is 1. The molecular formula is C23H29N4O4S+. The van der Waals surface area contributed by atoms with Gasteiger partial charge in [-0.3, -0.25) is 14.3 Å². The number of fused-ring (bicyclic) bond motifs is 3. The van der Waals surface area contributed by atoms with Gasteiger partial charge in [-0.2, -0.15) is 4.31 Å². The molecule has 0 saturated heterocycles. The van der Waals surface area contributed by atoms with Crippen molar-refractivity contribution >= 4 is 32.7 Å². The molecule has 0 radical (unpaired) electrons. The summed E-state index contributed by atoms with van der Waals surface area (Å²) in [7, 11) is 4.06. The van der Waals surface area contributed by atoms with E-state index in [2.05, 4.69) is 4.98 Å². The minimum atomic E-state index is -3.66. The van der Waals surface area contributed by atoms with Crippen LogP contribution in [0.2, 0.25) is 0 Å². The topological polar surface area (TPSA) is 92.5 Å².